The fourth-order valence-corrected chi connectivity index (χ4v) is 3.16. The fourth-order valence-electron chi connectivity index (χ4n) is 2.94. The molecule has 0 saturated carbocycles. The number of carbonyl (C=O) groups is 4. The molecular formula is C26H24ClN3O6. The van der Waals surface area contributed by atoms with Crippen molar-refractivity contribution in [2.75, 3.05) is 11.9 Å². The molecule has 3 rings (SSSR count). The van der Waals surface area contributed by atoms with E-state index in [-0.39, 0.29) is 29.8 Å². The van der Waals surface area contributed by atoms with E-state index < -0.39 is 30.3 Å². The molecule has 10 heteroatoms. The summed E-state index contributed by atoms with van der Waals surface area (Å²) in [7, 11) is 0. The van der Waals surface area contributed by atoms with Gasteiger partial charge in [0.1, 0.15) is 11.5 Å². The second kappa shape index (κ2) is 13.5. The Bertz CT molecular complexity index is 1200. The van der Waals surface area contributed by atoms with Gasteiger partial charge in [0.15, 0.2) is 6.61 Å². The third-order valence-corrected chi connectivity index (χ3v) is 5.03. The minimum atomic E-state index is -0.621. The summed E-state index contributed by atoms with van der Waals surface area (Å²) in [5.74, 6) is -0.859. The Morgan fingerprint density at radius 3 is 2.11 bits per heavy atom. The molecule has 3 aromatic carbocycles. The van der Waals surface area contributed by atoms with Gasteiger partial charge in [0.2, 0.25) is 5.91 Å². The Labute approximate surface area is 212 Å². The lowest BCUT2D eigenvalue weighted by molar-refractivity contribution is -0.147. The molecule has 0 atom stereocenters. The summed E-state index contributed by atoms with van der Waals surface area (Å²) >= 11 is 5.93. The Morgan fingerprint density at radius 1 is 0.722 bits per heavy atom. The van der Waals surface area contributed by atoms with Gasteiger partial charge in [0, 0.05) is 18.5 Å². The van der Waals surface area contributed by atoms with Gasteiger partial charge in [-0.1, -0.05) is 41.9 Å². The average molecular weight is 510 g/mol. The number of hydrogen-bond donors (Lipinski definition) is 3. The molecule has 0 fully saturated rings. The molecule has 0 bridgehead atoms. The number of rotatable bonds is 10. The quantitative estimate of drug-likeness (QED) is 0.277. The normalized spacial score (nSPS) is 10.1. The Kier molecular flexibility index (Phi) is 9.84. The molecular weight excluding hydrogens is 486 g/mol. The van der Waals surface area contributed by atoms with Crippen molar-refractivity contribution in [1.82, 2.24) is 10.9 Å². The monoisotopic (exact) mass is 509 g/mol. The molecule has 0 aliphatic heterocycles. The molecule has 0 aliphatic rings. The molecule has 0 saturated heterocycles. The lowest BCUT2D eigenvalue weighted by atomic mass is 10.2. The molecule has 3 amide bonds. The molecule has 9 nitrogen and oxygen atoms in total. The Hall–Kier alpha value is -4.37. The van der Waals surface area contributed by atoms with Gasteiger partial charge in [0.25, 0.3) is 11.8 Å². The molecule has 186 valence electrons. The van der Waals surface area contributed by atoms with E-state index >= 15 is 0 Å². The smallest absolute Gasteiger partial charge is 0.306 e. The minimum absolute atomic E-state index is 0.0263. The van der Waals surface area contributed by atoms with Gasteiger partial charge in [-0.25, -0.2) is 0 Å². The van der Waals surface area contributed by atoms with E-state index in [4.69, 9.17) is 21.1 Å². The SMILES string of the molecule is O=C(CCCC(=O)OCC(=O)Nc1ccc(Oc2ccccc2)cc1)NNC(=O)c1ccccc1Cl. The standard InChI is InChI=1S/C26H24ClN3O6/c27-22-10-5-4-9-21(22)26(34)30-29-23(31)11-6-12-25(33)35-17-24(32)28-18-13-15-20(16-14-18)36-19-7-2-1-3-8-19/h1-5,7-10,13-16H,6,11-12,17H2,(H,28,32)(H,29,31)(H,30,34). The predicted molar refractivity (Wildman–Crippen MR) is 133 cm³/mol. The zero-order valence-corrected chi connectivity index (χ0v) is 19.9. The van der Waals surface area contributed by atoms with Crippen LogP contribution in [0.2, 0.25) is 5.02 Å². The van der Waals surface area contributed by atoms with Crippen molar-refractivity contribution >= 4 is 41.0 Å². The highest BCUT2D eigenvalue weighted by atomic mass is 35.5. The van der Waals surface area contributed by atoms with Gasteiger partial charge in [-0.15, -0.1) is 0 Å². The van der Waals surface area contributed by atoms with Gasteiger partial charge in [-0.05, 0) is 55.0 Å². The molecule has 0 radical (unpaired) electrons. The molecule has 3 aromatic rings. The highest BCUT2D eigenvalue weighted by molar-refractivity contribution is 6.33. The molecule has 0 heterocycles. The molecule has 0 aromatic heterocycles. The number of benzene rings is 3. The fraction of sp³-hybridized carbons (Fsp3) is 0.154. The number of para-hydroxylation sites is 1. The predicted octanol–water partition coefficient (Wildman–Crippen LogP) is 4.25. The van der Waals surface area contributed by atoms with Gasteiger partial charge in [-0.2, -0.15) is 0 Å². The van der Waals surface area contributed by atoms with E-state index in [0.29, 0.717) is 17.2 Å². The van der Waals surface area contributed by atoms with Crippen molar-refractivity contribution in [1.29, 1.82) is 0 Å². The lowest BCUT2D eigenvalue weighted by Gasteiger charge is -2.09. The van der Waals surface area contributed by atoms with Crippen molar-refractivity contribution in [3.8, 4) is 11.5 Å². The van der Waals surface area contributed by atoms with Crippen LogP contribution in [0, 0.1) is 0 Å². The molecule has 0 aliphatic carbocycles. The number of hydrazine groups is 1. The van der Waals surface area contributed by atoms with Crippen LogP contribution in [0.4, 0.5) is 5.69 Å². The Morgan fingerprint density at radius 2 is 1.39 bits per heavy atom. The number of esters is 1. The summed E-state index contributed by atoms with van der Waals surface area (Å²) < 4.78 is 10.6. The summed E-state index contributed by atoms with van der Waals surface area (Å²) in [4.78, 5) is 47.7. The summed E-state index contributed by atoms with van der Waals surface area (Å²) in [6.07, 6.45) is 0.0866. The zero-order chi connectivity index (χ0) is 25.8. The highest BCUT2D eigenvalue weighted by Gasteiger charge is 2.12. The summed E-state index contributed by atoms with van der Waals surface area (Å²) in [5.41, 5.74) is 5.25. The molecule has 36 heavy (non-hydrogen) atoms. The molecule has 3 N–H and O–H groups in total. The van der Waals surface area contributed by atoms with E-state index in [1.165, 1.54) is 6.07 Å². The number of carbonyl (C=O) groups excluding carboxylic acids is 4. The van der Waals surface area contributed by atoms with Gasteiger partial charge < -0.3 is 14.8 Å². The third-order valence-electron chi connectivity index (χ3n) is 4.70. The van der Waals surface area contributed by atoms with Crippen LogP contribution in [-0.4, -0.2) is 30.3 Å². The van der Waals surface area contributed by atoms with Crippen LogP contribution in [-0.2, 0) is 19.1 Å². The number of hydrogen-bond acceptors (Lipinski definition) is 6. The zero-order valence-electron chi connectivity index (χ0n) is 19.2. The first-order valence-electron chi connectivity index (χ1n) is 11.0. The van der Waals surface area contributed by atoms with E-state index in [1.807, 2.05) is 30.3 Å². The number of amides is 3. The first kappa shape index (κ1) is 26.2. The van der Waals surface area contributed by atoms with Crippen molar-refractivity contribution in [3.63, 3.8) is 0 Å². The van der Waals surface area contributed by atoms with Crippen LogP contribution in [0.15, 0.2) is 78.9 Å². The van der Waals surface area contributed by atoms with Crippen LogP contribution in [0.1, 0.15) is 29.6 Å². The minimum Gasteiger partial charge on any atom is -0.457 e. The number of halogens is 1. The van der Waals surface area contributed by atoms with Crippen LogP contribution in [0.25, 0.3) is 0 Å². The second-order valence-corrected chi connectivity index (χ2v) is 7.89. The number of anilines is 1. The third kappa shape index (κ3) is 8.77. The van der Waals surface area contributed by atoms with Crippen molar-refractivity contribution < 1.29 is 28.7 Å². The van der Waals surface area contributed by atoms with E-state index in [1.54, 1.807) is 42.5 Å². The Balaban J connectivity index is 1.29. The lowest BCUT2D eigenvalue weighted by Crippen LogP contribution is -2.41. The summed E-state index contributed by atoms with van der Waals surface area (Å²) in [6, 6.07) is 22.4. The van der Waals surface area contributed by atoms with Crippen LogP contribution in [0.5, 0.6) is 11.5 Å². The first-order valence-corrected chi connectivity index (χ1v) is 11.4. The van der Waals surface area contributed by atoms with E-state index in [9.17, 15) is 19.2 Å². The van der Waals surface area contributed by atoms with E-state index in [0.717, 1.165) is 0 Å². The van der Waals surface area contributed by atoms with Crippen LogP contribution in [0.3, 0.4) is 0 Å². The van der Waals surface area contributed by atoms with Crippen molar-refractivity contribution in [2.45, 2.75) is 19.3 Å². The van der Waals surface area contributed by atoms with Crippen molar-refractivity contribution in [3.05, 3.63) is 89.4 Å². The van der Waals surface area contributed by atoms with Gasteiger partial charge in [0.05, 0.1) is 10.6 Å². The highest BCUT2D eigenvalue weighted by Crippen LogP contribution is 2.22. The van der Waals surface area contributed by atoms with Gasteiger partial charge in [-0.3, -0.25) is 30.0 Å². The van der Waals surface area contributed by atoms with Crippen molar-refractivity contribution in [2.24, 2.45) is 0 Å². The van der Waals surface area contributed by atoms with Gasteiger partial charge >= 0.3 is 5.97 Å². The van der Waals surface area contributed by atoms with Crippen LogP contribution < -0.4 is 20.9 Å². The topological polar surface area (TPSA) is 123 Å². The molecule has 0 unspecified atom stereocenters. The molecule has 0 spiro atoms. The maximum absolute atomic E-state index is 12.0. The first-order chi connectivity index (χ1) is 17.4. The number of ether oxygens (including phenoxy) is 2. The summed E-state index contributed by atoms with van der Waals surface area (Å²) in [5, 5.41) is 2.88. The van der Waals surface area contributed by atoms with E-state index in [2.05, 4.69) is 16.2 Å². The second-order valence-electron chi connectivity index (χ2n) is 7.48. The maximum atomic E-state index is 12.0. The maximum Gasteiger partial charge on any atom is 0.306 e. The largest absolute Gasteiger partial charge is 0.457 e. The summed E-state index contributed by atoms with van der Waals surface area (Å²) in [6.45, 7) is -0.457. The average Bonchev–Trinajstić information content (AvgIpc) is 2.88. The van der Waals surface area contributed by atoms with Crippen LogP contribution >= 0.6 is 11.6 Å². The number of nitrogens with one attached hydrogen (secondary N) is 3.